The number of nitrogens with zero attached hydrogens (tertiary/aromatic N) is 3. The minimum absolute atomic E-state index is 0.0489. The van der Waals surface area contributed by atoms with Gasteiger partial charge in [-0.2, -0.15) is 13.2 Å². The van der Waals surface area contributed by atoms with Gasteiger partial charge < -0.3 is 4.90 Å². The summed E-state index contributed by atoms with van der Waals surface area (Å²) >= 11 is 0. The first-order valence-electron chi connectivity index (χ1n) is 7.75. The minimum atomic E-state index is -4.41. The van der Waals surface area contributed by atoms with Gasteiger partial charge in [0.05, 0.1) is 5.69 Å². The highest BCUT2D eigenvalue weighted by atomic mass is 19.4. The van der Waals surface area contributed by atoms with E-state index in [1.54, 1.807) is 12.1 Å². The Morgan fingerprint density at radius 2 is 1.96 bits per heavy atom. The Morgan fingerprint density at radius 1 is 1.35 bits per heavy atom. The van der Waals surface area contributed by atoms with Crippen LogP contribution >= 0.6 is 0 Å². The summed E-state index contributed by atoms with van der Waals surface area (Å²) in [4.78, 5) is 18.9. The molecule has 2 heterocycles. The molecule has 0 N–H and O–H groups in total. The van der Waals surface area contributed by atoms with Gasteiger partial charge in [0.25, 0.3) is 5.91 Å². The van der Waals surface area contributed by atoms with Crippen molar-refractivity contribution in [2.75, 3.05) is 26.7 Å². The molecule has 1 saturated heterocycles. The highest BCUT2D eigenvalue weighted by Gasteiger charge is 2.32. The van der Waals surface area contributed by atoms with Gasteiger partial charge in [-0.05, 0) is 18.1 Å². The number of aromatic nitrogens is 1. The number of pyridine rings is 1. The second kappa shape index (κ2) is 8.29. The number of halogens is 3. The lowest BCUT2D eigenvalue weighted by atomic mass is 10.0. The van der Waals surface area contributed by atoms with Crippen LogP contribution in [0.15, 0.2) is 18.2 Å². The van der Waals surface area contributed by atoms with Crippen molar-refractivity contribution in [3.63, 3.8) is 0 Å². The Kier molecular flexibility index (Phi) is 7.00. The molecule has 1 aromatic heterocycles. The topological polar surface area (TPSA) is 36.4 Å². The van der Waals surface area contributed by atoms with Crippen molar-refractivity contribution < 1.29 is 18.0 Å². The van der Waals surface area contributed by atoms with Crippen LogP contribution in [0.25, 0.3) is 0 Å². The molecule has 0 saturated carbocycles. The van der Waals surface area contributed by atoms with E-state index < -0.39 is 18.6 Å². The summed E-state index contributed by atoms with van der Waals surface area (Å²) in [5.74, 6) is -0.0566. The number of alkyl halides is 3. The van der Waals surface area contributed by atoms with Crippen molar-refractivity contribution >= 4 is 5.91 Å². The molecule has 0 atom stereocenters. The summed E-state index contributed by atoms with van der Waals surface area (Å²) in [6.07, 6.45) is -4.41. The summed E-state index contributed by atoms with van der Waals surface area (Å²) in [6.45, 7) is 7.45. The van der Waals surface area contributed by atoms with E-state index in [1.807, 2.05) is 13.8 Å². The van der Waals surface area contributed by atoms with Crippen LogP contribution < -0.4 is 0 Å². The third-order valence-corrected chi connectivity index (χ3v) is 3.31. The van der Waals surface area contributed by atoms with Crippen LogP contribution in [-0.4, -0.2) is 53.5 Å². The van der Waals surface area contributed by atoms with E-state index in [0.29, 0.717) is 23.1 Å². The normalized spacial score (nSPS) is 15.4. The molecule has 1 aromatic rings. The molecular formula is C16H24F3N3O. The lowest BCUT2D eigenvalue weighted by molar-refractivity contribution is -0.138. The van der Waals surface area contributed by atoms with Gasteiger partial charge >= 0.3 is 6.18 Å². The predicted octanol–water partition coefficient (Wildman–Crippen LogP) is 3.19. The first-order chi connectivity index (χ1) is 10.7. The van der Waals surface area contributed by atoms with Gasteiger partial charge in [-0.15, -0.1) is 0 Å². The maximum absolute atomic E-state index is 12.3. The van der Waals surface area contributed by atoms with Gasteiger partial charge in [0.15, 0.2) is 0 Å². The molecule has 4 nitrogen and oxygen atoms in total. The maximum atomic E-state index is 12.3. The zero-order valence-electron chi connectivity index (χ0n) is 14.0. The summed E-state index contributed by atoms with van der Waals surface area (Å²) < 4.78 is 36.9. The monoisotopic (exact) mass is 331 g/mol. The van der Waals surface area contributed by atoms with Crippen molar-refractivity contribution in [1.82, 2.24) is 14.8 Å². The lowest BCUT2D eigenvalue weighted by Crippen LogP contribution is -2.44. The Balaban J connectivity index is 0.00000127. The highest BCUT2D eigenvalue weighted by Crippen LogP contribution is 2.18. The van der Waals surface area contributed by atoms with Crippen LogP contribution in [-0.2, 0) is 6.54 Å². The first-order valence-corrected chi connectivity index (χ1v) is 7.75. The van der Waals surface area contributed by atoms with E-state index in [1.165, 1.54) is 6.07 Å². The van der Waals surface area contributed by atoms with Crippen LogP contribution in [0.4, 0.5) is 13.2 Å². The fourth-order valence-corrected chi connectivity index (χ4v) is 2.41. The van der Waals surface area contributed by atoms with Crippen LogP contribution in [0.1, 0.15) is 37.0 Å². The van der Waals surface area contributed by atoms with E-state index in [2.05, 4.69) is 16.8 Å². The van der Waals surface area contributed by atoms with Crippen LogP contribution in [0, 0.1) is 5.92 Å². The molecule has 0 spiro atoms. The number of likely N-dealkylation sites (tertiary alicyclic amines) is 1. The van der Waals surface area contributed by atoms with Gasteiger partial charge in [0.1, 0.15) is 12.2 Å². The Bertz CT molecular complexity index is 514. The number of hydrogen-bond acceptors (Lipinski definition) is 3. The molecular weight excluding hydrogens is 307 g/mol. The van der Waals surface area contributed by atoms with Crippen molar-refractivity contribution in [2.24, 2.45) is 5.92 Å². The van der Waals surface area contributed by atoms with Crippen LogP contribution in [0.5, 0.6) is 0 Å². The average molecular weight is 331 g/mol. The quantitative estimate of drug-likeness (QED) is 0.850. The number of carbonyl (C=O) groups excluding carboxylic acids is 1. The molecule has 0 radical (unpaired) electrons. The number of amides is 1. The van der Waals surface area contributed by atoms with Gasteiger partial charge in [-0.25, -0.2) is 4.98 Å². The van der Waals surface area contributed by atoms with Crippen molar-refractivity contribution in [1.29, 1.82) is 0 Å². The molecule has 0 bridgehead atoms. The fourth-order valence-electron chi connectivity index (χ4n) is 2.41. The van der Waals surface area contributed by atoms with E-state index in [9.17, 15) is 18.0 Å². The number of hydrogen-bond donors (Lipinski definition) is 0. The number of carbonyl (C=O) groups is 1. The maximum Gasteiger partial charge on any atom is 0.406 e. The van der Waals surface area contributed by atoms with Crippen LogP contribution in [0.2, 0.25) is 0 Å². The summed E-state index contributed by atoms with van der Waals surface area (Å²) in [5.41, 5.74) is 0.751. The molecule has 0 aromatic carbocycles. The van der Waals surface area contributed by atoms with Gasteiger partial charge in [-0.1, -0.05) is 26.8 Å². The second-order valence-electron chi connectivity index (χ2n) is 5.59. The number of rotatable bonds is 4. The predicted molar refractivity (Wildman–Crippen MR) is 83.0 cm³/mol. The van der Waals surface area contributed by atoms with E-state index in [4.69, 9.17) is 0 Å². The third-order valence-electron chi connectivity index (χ3n) is 3.31. The summed E-state index contributed by atoms with van der Waals surface area (Å²) in [5, 5.41) is 0. The standard InChI is InChI=1S/C14H18F3N3O.C2H6/c1-10-6-20(7-10)8-11-4-3-5-12(18-11)13(21)19(2)9-14(15,16)17;1-2/h3-5,10H,6-9H2,1-2H3;1-2H3. The molecule has 1 amide bonds. The Morgan fingerprint density at radius 3 is 2.48 bits per heavy atom. The zero-order valence-corrected chi connectivity index (χ0v) is 14.0. The molecule has 0 aliphatic carbocycles. The molecule has 1 fully saturated rings. The fraction of sp³-hybridized carbons (Fsp3) is 0.625. The van der Waals surface area contributed by atoms with E-state index in [0.717, 1.165) is 20.1 Å². The first kappa shape index (κ1) is 19.4. The Labute approximate surface area is 135 Å². The summed E-state index contributed by atoms with van der Waals surface area (Å²) in [7, 11) is 1.13. The molecule has 1 aliphatic rings. The molecule has 7 heteroatoms. The smallest absolute Gasteiger partial charge is 0.331 e. The molecule has 23 heavy (non-hydrogen) atoms. The molecule has 0 unspecified atom stereocenters. The average Bonchev–Trinajstić information content (AvgIpc) is 2.45. The molecule has 1 aliphatic heterocycles. The van der Waals surface area contributed by atoms with Crippen molar-refractivity contribution in [3.05, 3.63) is 29.6 Å². The van der Waals surface area contributed by atoms with Gasteiger partial charge in [0, 0.05) is 26.7 Å². The molecule has 130 valence electrons. The van der Waals surface area contributed by atoms with Gasteiger partial charge in [-0.3, -0.25) is 9.69 Å². The largest absolute Gasteiger partial charge is 0.406 e. The zero-order chi connectivity index (χ0) is 17.6. The SMILES string of the molecule is CC.CC1CN(Cc2cccc(C(=O)N(C)CC(F)(F)F)n2)C1. The minimum Gasteiger partial charge on any atom is -0.331 e. The van der Waals surface area contributed by atoms with Crippen LogP contribution in [0.3, 0.4) is 0 Å². The van der Waals surface area contributed by atoms with E-state index in [-0.39, 0.29) is 5.69 Å². The molecule has 2 rings (SSSR count). The van der Waals surface area contributed by atoms with Crippen molar-refractivity contribution in [2.45, 2.75) is 33.5 Å². The van der Waals surface area contributed by atoms with Gasteiger partial charge in [0.2, 0.25) is 0 Å². The lowest BCUT2D eigenvalue weighted by Gasteiger charge is -2.36. The van der Waals surface area contributed by atoms with Crippen molar-refractivity contribution in [3.8, 4) is 0 Å². The third kappa shape index (κ3) is 6.17. The van der Waals surface area contributed by atoms with E-state index >= 15 is 0 Å². The summed E-state index contributed by atoms with van der Waals surface area (Å²) in [6, 6.07) is 4.88. The highest BCUT2D eigenvalue weighted by molar-refractivity contribution is 5.92. The Hall–Kier alpha value is -1.63. The second-order valence-corrected chi connectivity index (χ2v) is 5.59.